The van der Waals surface area contributed by atoms with Gasteiger partial charge in [-0.1, -0.05) is 36.4 Å². The number of thiophene rings is 1. The molecule has 0 N–H and O–H groups in total. The predicted octanol–water partition coefficient (Wildman–Crippen LogP) is 3.91. The maximum absolute atomic E-state index is 12.5. The van der Waals surface area contributed by atoms with Gasteiger partial charge < -0.3 is 4.90 Å². The average molecular weight is 299 g/mol. The lowest BCUT2D eigenvalue weighted by Crippen LogP contribution is -2.35. The van der Waals surface area contributed by atoms with Gasteiger partial charge in [-0.3, -0.25) is 4.79 Å². The summed E-state index contributed by atoms with van der Waals surface area (Å²) in [6, 6.07) is 15.0. The fraction of sp³-hybridized carbons (Fsp3) is 0.389. The molecule has 0 spiro atoms. The zero-order valence-corrected chi connectivity index (χ0v) is 13.0. The molecule has 1 aliphatic rings. The number of benzene rings is 1. The molecule has 0 unspecified atom stereocenters. The summed E-state index contributed by atoms with van der Waals surface area (Å²) in [5.74, 6) is 0.318. The lowest BCUT2D eigenvalue weighted by molar-refractivity contribution is -0.131. The first-order valence-electron chi connectivity index (χ1n) is 7.69. The normalized spacial score (nSPS) is 14.1. The summed E-state index contributed by atoms with van der Waals surface area (Å²) in [4.78, 5) is 16.0. The van der Waals surface area contributed by atoms with Crippen LogP contribution in [0.15, 0.2) is 47.8 Å². The molecule has 1 fully saturated rings. The lowest BCUT2D eigenvalue weighted by atomic mass is 10.1. The number of carbonyl (C=O) groups excluding carboxylic acids is 1. The third-order valence-corrected chi connectivity index (χ3v) is 4.89. The van der Waals surface area contributed by atoms with E-state index in [1.54, 1.807) is 11.3 Å². The van der Waals surface area contributed by atoms with Crippen LogP contribution >= 0.6 is 11.3 Å². The molecule has 3 heteroatoms. The molecular weight excluding hydrogens is 278 g/mol. The molecule has 1 aromatic heterocycles. The van der Waals surface area contributed by atoms with E-state index in [2.05, 4.69) is 34.5 Å². The number of rotatable bonds is 7. The fourth-order valence-electron chi connectivity index (χ4n) is 2.62. The molecule has 21 heavy (non-hydrogen) atoms. The number of amides is 1. The van der Waals surface area contributed by atoms with Crippen LogP contribution in [-0.2, 0) is 17.6 Å². The van der Waals surface area contributed by atoms with Crippen LogP contribution in [0, 0.1) is 0 Å². The van der Waals surface area contributed by atoms with Gasteiger partial charge in [0, 0.05) is 23.9 Å². The van der Waals surface area contributed by atoms with E-state index in [4.69, 9.17) is 0 Å². The van der Waals surface area contributed by atoms with Crippen molar-refractivity contribution in [1.82, 2.24) is 4.90 Å². The van der Waals surface area contributed by atoms with E-state index in [1.807, 2.05) is 18.2 Å². The minimum Gasteiger partial charge on any atom is -0.339 e. The van der Waals surface area contributed by atoms with Crippen LogP contribution in [-0.4, -0.2) is 23.4 Å². The van der Waals surface area contributed by atoms with Crippen molar-refractivity contribution in [3.8, 4) is 0 Å². The molecule has 1 aliphatic carbocycles. The van der Waals surface area contributed by atoms with E-state index in [0.717, 1.165) is 19.4 Å². The summed E-state index contributed by atoms with van der Waals surface area (Å²) in [6.07, 6.45) is 4.83. The van der Waals surface area contributed by atoms with Crippen molar-refractivity contribution >= 4 is 17.2 Å². The highest BCUT2D eigenvalue weighted by Gasteiger charge is 2.31. The van der Waals surface area contributed by atoms with Crippen LogP contribution < -0.4 is 0 Å². The second-order valence-electron chi connectivity index (χ2n) is 5.63. The summed E-state index contributed by atoms with van der Waals surface area (Å²) in [5, 5.41) is 2.11. The molecule has 1 heterocycles. The molecule has 2 aromatic rings. The van der Waals surface area contributed by atoms with Gasteiger partial charge in [0.2, 0.25) is 5.91 Å². The Hall–Kier alpha value is -1.61. The molecule has 1 amide bonds. The highest BCUT2D eigenvalue weighted by molar-refractivity contribution is 7.09. The van der Waals surface area contributed by atoms with Gasteiger partial charge >= 0.3 is 0 Å². The summed E-state index contributed by atoms with van der Waals surface area (Å²) >= 11 is 1.78. The first kappa shape index (κ1) is 14.3. The second-order valence-corrected chi connectivity index (χ2v) is 6.67. The van der Waals surface area contributed by atoms with Crippen LogP contribution in [0.2, 0.25) is 0 Å². The number of hydrogen-bond acceptors (Lipinski definition) is 2. The molecule has 110 valence electrons. The Morgan fingerprint density at radius 2 is 1.90 bits per heavy atom. The van der Waals surface area contributed by atoms with Crippen LogP contribution in [0.4, 0.5) is 0 Å². The van der Waals surface area contributed by atoms with Crippen molar-refractivity contribution in [2.75, 3.05) is 6.54 Å². The summed E-state index contributed by atoms with van der Waals surface area (Å²) in [5.41, 5.74) is 1.25. The fourth-order valence-corrected chi connectivity index (χ4v) is 3.32. The van der Waals surface area contributed by atoms with Gasteiger partial charge in [0.25, 0.3) is 0 Å². The largest absolute Gasteiger partial charge is 0.339 e. The zero-order chi connectivity index (χ0) is 14.5. The summed E-state index contributed by atoms with van der Waals surface area (Å²) < 4.78 is 0. The van der Waals surface area contributed by atoms with Crippen molar-refractivity contribution in [3.05, 3.63) is 58.3 Å². The van der Waals surface area contributed by atoms with Gasteiger partial charge in [0.05, 0.1) is 0 Å². The van der Waals surface area contributed by atoms with Crippen LogP contribution in [0.1, 0.15) is 29.7 Å². The molecule has 0 atom stereocenters. The number of aryl methyl sites for hydroxylation is 1. The third kappa shape index (κ3) is 4.18. The highest BCUT2D eigenvalue weighted by Crippen LogP contribution is 2.28. The minimum absolute atomic E-state index is 0.318. The Balaban J connectivity index is 1.52. The first-order chi connectivity index (χ1) is 10.3. The van der Waals surface area contributed by atoms with Gasteiger partial charge in [-0.2, -0.15) is 0 Å². The molecular formula is C18H21NOS. The van der Waals surface area contributed by atoms with Crippen LogP contribution in [0.3, 0.4) is 0 Å². The standard InChI is InChI=1S/C18H21NOS/c20-18(11-8-15-5-2-1-3-6-15)19(16-9-10-16)13-12-17-7-4-14-21-17/h1-7,14,16H,8-13H2. The summed E-state index contributed by atoms with van der Waals surface area (Å²) in [6.45, 7) is 0.874. The zero-order valence-electron chi connectivity index (χ0n) is 12.2. The molecule has 0 saturated heterocycles. The second kappa shape index (κ2) is 6.90. The van der Waals surface area contributed by atoms with E-state index in [-0.39, 0.29) is 0 Å². The molecule has 1 saturated carbocycles. The molecule has 2 nitrogen and oxygen atoms in total. The molecule has 0 radical (unpaired) electrons. The van der Waals surface area contributed by atoms with Gasteiger partial charge in [0.15, 0.2) is 0 Å². The minimum atomic E-state index is 0.318. The molecule has 0 bridgehead atoms. The van der Waals surface area contributed by atoms with E-state index < -0.39 is 0 Å². The van der Waals surface area contributed by atoms with Crippen molar-refractivity contribution in [1.29, 1.82) is 0 Å². The monoisotopic (exact) mass is 299 g/mol. The van der Waals surface area contributed by atoms with E-state index in [9.17, 15) is 4.79 Å². The van der Waals surface area contributed by atoms with Crippen molar-refractivity contribution < 1.29 is 4.79 Å². The molecule has 1 aromatic carbocycles. The number of hydrogen-bond donors (Lipinski definition) is 0. The van der Waals surface area contributed by atoms with Gasteiger partial charge in [0.1, 0.15) is 0 Å². The smallest absolute Gasteiger partial charge is 0.223 e. The lowest BCUT2D eigenvalue weighted by Gasteiger charge is -2.22. The topological polar surface area (TPSA) is 20.3 Å². The SMILES string of the molecule is O=C(CCc1ccccc1)N(CCc1cccs1)C1CC1. The van der Waals surface area contributed by atoms with Crippen LogP contribution in [0.25, 0.3) is 0 Å². The maximum atomic E-state index is 12.5. The van der Waals surface area contributed by atoms with E-state index >= 15 is 0 Å². The number of carbonyl (C=O) groups is 1. The highest BCUT2D eigenvalue weighted by atomic mass is 32.1. The average Bonchev–Trinajstić information content (AvgIpc) is 3.22. The number of nitrogens with zero attached hydrogens (tertiary/aromatic N) is 1. The van der Waals surface area contributed by atoms with Crippen LogP contribution in [0.5, 0.6) is 0 Å². The van der Waals surface area contributed by atoms with E-state index in [0.29, 0.717) is 18.4 Å². The Morgan fingerprint density at radius 3 is 2.57 bits per heavy atom. The van der Waals surface area contributed by atoms with Crippen molar-refractivity contribution in [3.63, 3.8) is 0 Å². The van der Waals surface area contributed by atoms with Gasteiger partial charge in [-0.15, -0.1) is 11.3 Å². The van der Waals surface area contributed by atoms with Crippen molar-refractivity contribution in [2.24, 2.45) is 0 Å². The molecule has 0 aliphatic heterocycles. The Morgan fingerprint density at radius 1 is 1.10 bits per heavy atom. The van der Waals surface area contributed by atoms with E-state index in [1.165, 1.54) is 23.3 Å². The Labute approximate surface area is 130 Å². The first-order valence-corrected chi connectivity index (χ1v) is 8.56. The quantitative estimate of drug-likeness (QED) is 0.759. The Kier molecular flexibility index (Phi) is 4.71. The summed E-state index contributed by atoms with van der Waals surface area (Å²) in [7, 11) is 0. The molecule has 3 rings (SSSR count). The van der Waals surface area contributed by atoms with Gasteiger partial charge in [-0.25, -0.2) is 0 Å². The van der Waals surface area contributed by atoms with Crippen molar-refractivity contribution in [2.45, 2.75) is 38.1 Å². The van der Waals surface area contributed by atoms with Gasteiger partial charge in [-0.05, 0) is 42.7 Å². The Bertz CT molecular complexity index is 560. The predicted molar refractivity (Wildman–Crippen MR) is 87.5 cm³/mol. The third-order valence-electron chi connectivity index (χ3n) is 3.96. The maximum Gasteiger partial charge on any atom is 0.223 e.